The Morgan fingerprint density at radius 2 is 1.81 bits per heavy atom. The third kappa shape index (κ3) is 4.62. The highest BCUT2D eigenvalue weighted by atomic mass is 19.4. The van der Waals surface area contributed by atoms with Crippen LogP contribution in [-0.2, 0) is 6.18 Å². The van der Waals surface area contributed by atoms with E-state index in [-0.39, 0.29) is 29.2 Å². The number of rotatable bonds is 5. The Morgan fingerprint density at radius 1 is 1.13 bits per heavy atom. The lowest BCUT2D eigenvalue weighted by Gasteiger charge is -2.45. The molecule has 2 fully saturated rings. The summed E-state index contributed by atoms with van der Waals surface area (Å²) in [4.78, 5) is 12.4. The summed E-state index contributed by atoms with van der Waals surface area (Å²) in [6.07, 6.45) is -1.65. The lowest BCUT2D eigenvalue weighted by Crippen LogP contribution is -2.64. The summed E-state index contributed by atoms with van der Waals surface area (Å²) in [6, 6.07) is 2.65. The van der Waals surface area contributed by atoms with Crippen molar-refractivity contribution in [1.29, 1.82) is 0 Å². The molecule has 2 unspecified atom stereocenters. The summed E-state index contributed by atoms with van der Waals surface area (Å²) >= 11 is 0. The van der Waals surface area contributed by atoms with E-state index in [2.05, 4.69) is 27.1 Å². The zero-order valence-electron chi connectivity index (χ0n) is 17.7. The van der Waals surface area contributed by atoms with Gasteiger partial charge in [0, 0.05) is 56.7 Å². The van der Waals surface area contributed by atoms with E-state index in [1.54, 1.807) is 0 Å². The van der Waals surface area contributed by atoms with Gasteiger partial charge in [0.05, 0.1) is 11.3 Å². The van der Waals surface area contributed by atoms with E-state index in [1.807, 2.05) is 11.8 Å². The van der Waals surface area contributed by atoms with Crippen molar-refractivity contribution in [2.75, 3.05) is 31.1 Å². The Kier molecular flexibility index (Phi) is 6.08. The summed E-state index contributed by atoms with van der Waals surface area (Å²) in [6.45, 7) is 6.86. The Balaban J connectivity index is 1.54. The number of aliphatic hydroxyl groups is 1. The number of nitrogens with two attached hydrogens (primary N) is 1. The molecule has 2 aliphatic heterocycles. The van der Waals surface area contributed by atoms with Gasteiger partial charge in [0.15, 0.2) is 0 Å². The van der Waals surface area contributed by atoms with Crippen molar-refractivity contribution < 1.29 is 18.3 Å². The number of hydrogen-bond donors (Lipinski definition) is 3. The molecule has 170 valence electrons. The van der Waals surface area contributed by atoms with E-state index >= 15 is 0 Å². The second-order valence-electron chi connectivity index (χ2n) is 8.89. The molecule has 7 nitrogen and oxygen atoms in total. The fourth-order valence-corrected chi connectivity index (χ4v) is 4.66. The third-order valence-corrected chi connectivity index (χ3v) is 6.29. The molecule has 10 heteroatoms. The smallest absolute Gasteiger partial charge is 0.377 e. The number of aromatic nitrogens is 2. The first-order chi connectivity index (χ1) is 14.6. The molecule has 3 heterocycles. The van der Waals surface area contributed by atoms with Gasteiger partial charge in [0.2, 0.25) is 0 Å². The SMILES string of the molecule is CC(C(O)N[C@@H]1C[C@H](C)CN(c2ccc(C(F)(F)F)c3nccnc23)C1)N1CC(N)C1. The molecule has 2 aliphatic rings. The molecule has 4 rings (SSSR count). The second-order valence-corrected chi connectivity index (χ2v) is 8.89. The van der Waals surface area contributed by atoms with Crippen LogP contribution in [0.2, 0.25) is 0 Å². The topological polar surface area (TPSA) is 90.5 Å². The van der Waals surface area contributed by atoms with E-state index in [0.29, 0.717) is 24.7 Å². The molecule has 0 radical (unpaired) electrons. The van der Waals surface area contributed by atoms with Crippen molar-refractivity contribution in [3.05, 3.63) is 30.1 Å². The fraction of sp³-hybridized carbons (Fsp3) is 0.619. The first-order valence-corrected chi connectivity index (χ1v) is 10.6. The summed E-state index contributed by atoms with van der Waals surface area (Å²) in [5.41, 5.74) is 5.80. The van der Waals surface area contributed by atoms with E-state index in [0.717, 1.165) is 25.6 Å². The fourth-order valence-electron chi connectivity index (χ4n) is 4.66. The van der Waals surface area contributed by atoms with Gasteiger partial charge in [-0.25, -0.2) is 0 Å². The maximum absolute atomic E-state index is 13.4. The number of nitrogens with zero attached hydrogens (tertiary/aromatic N) is 4. The maximum atomic E-state index is 13.4. The first kappa shape index (κ1) is 22.2. The molecular weight excluding hydrogens is 409 g/mol. The molecule has 0 spiro atoms. The number of anilines is 1. The van der Waals surface area contributed by atoms with Gasteiger partial charge in [-0.05, 0) is 31.4 Å². The number of fused-ring (bicyclic) bond motifs is 1. The monoisotopic (exact) mass is 438 g/mol. The minimum Gasteiger partial charge on any atom is -0.377 e. The van der Waals surface area contributed by atoms with Crippen molar-refractivity contribution in [1.82, 2.24) is 20.2 Å². The predicted octanol–water partition coefficient (Wildman–Crippen LogP) is 1.80. The Morgan fingerprint density at radius 3 is 2.45 bits per heavy atom. The molecule has 0 saturated carbocycles. The van der Waals surface area contributed by atoms with Crippen LogP contribution in [0.1, 0.15) is 25.8 Å². The van der Waals surface area contributed by atoms with E-state index < -0.39 is 18.0 Å². The summed E-state index contributed by atoms with van der Waals surface area (Å²) in [5, 5.41) is 14.0. The van der Waals surface area contributed by atoms with Crippen LogP contribution in [0.5, 0.6) is 0 Å². The molecule has 1 aromatic heterocycles. The Hall–Kier alpha value is -2.01. The number of nitrogens with one attached hydrogen (secondary N) is 1. The van der Waals surface area contributed by atoms with Crippen LogP contribution >= 0.6 is 0 Å². The van der Waals surface area contributed by atoms with Crippen LogP contribution in [0.3, 0.4) is 0 Å². The zero-order chi connectivity index (χ0) is 22.3. The minimum atomic E-state index is -4.49. The molecule has 31 heavy (non-hydrogen) atoms. The van der Waals surface area contributed by atoms with Crippen LogP contribution in [0.15, 0.2) is 24.5 Å². The summed E-state index contributed by atoms with van der Waals surface area (Å²) in [7, 11) is 0. The van der Waals surface area contributed by atoms with Gasteiger partial charge in [-0.1, -0.05) is 6.92 Å². The molecule has 2 saturated heterocycles. The first-order valence-electron chi connectivity index (χ1n) is 10.6. The number of benzene rings is 1. The van der Waals surface area contributed by atoms with Crippen LogP contribution in [0, 0.1) is 5.92 Å². The molecule has 4 N–H and O–H groups in total. The third-order valence-electron chi connectivity index (χ3n) is 6.29. The molecule has 1 aromatic carbocycles. The van der Waals surface area contributed by atoms with Gasteiger partial charge in [0.1, 0.15) is 17.3 Å². The number of piperidine rings is 1. The van der Waals surface area contributed by atoms with Gasteiger partial charge in [-0.2, -0.15) is 13.2 Å². The number of hydrogen-bond acceptors (Lipinski definition) is 7. The minimum absolute atomic E-state index is 0.00911. The van der Waals surface area contributed by atoms with E-state index in [9.17, 15) is 18.3 Å². The molecule has 4 atom stereocenters. The lowest BCUT2D eigenvalue weighted by atomic mass is 9.94. The highest BCUT2D eigenvalue weighted by Gasteiger charge is 2.36. The summed E-state index contributed by atoms with van der Waals surface area (Å²) < 4.78 is 40.3. The van der Waals surface area contributed by atoms with Crippen molar-refractivity contribution in [3.63, 3.8) is 0 Å². The van der Waals surface area contributed by atoms with E-state index in [1.165, 1.54) is 18.5 Å². The summed E-state index contributed by atoms with van der Waals surface area (Å²) in [5.74, 6) is 0.292. The molecular formula is C21H29F3N6O. The number of halogens is 3. The van der Waals surface area contributed by atoms with Crippen LogP contribution in [-0.4, -0.2) is 70.5 Å². The standard InChI is InChI=1S/C21H29F3N6O/c1-12-7-15(28-20(31)13(2)29-9-14(25)10-29)11-30(8-12)17-4-3-16(21(22,23)24)18-19(17)27-6-5-26-18/h3-6,12-15,20,28,31H,7-11,25H2,1-2H3/t12-,13?,15+,20?/m0/s1. The predicted molar refractivity (Wildman–Crippen MR) is 112 cm³/mol. The van der Waals surface area contributed by atoms with Gasteiger partial charge >= 0.3 is 6.18 Å². The Bertz CT molecular complexity index is 920. The highest BCUT2D eigenvalue weighted by Crippen LogP contribution is 2.37. The normalized spacial score (nSPS) is 25.5. The number of aliphatic hydroxyl groups excluding tert-OH is 1. The van der Waals surface area contributed by atoms with Crippen molar-refractivity contribution in [2.24, 2.45) is 11.7 Å². The van der Waals surface area contributed by atoms with Gasteiger partial charge in [0.25, 0.3) is 0 Å². The Labute approximate surface area is 179 Å². The van der Waals surface area contributed by atoms with Crippen LogP contribution in [0.4, 0.5) is 18.9 Å². The quantitative estimate of drug-likeness (QED) is 0.614. The number of alkyl halides is 3. The molecule has 0 amide bonds. The van der Waals surface area contributed by atoms with Crippen molar-refractivity contribution in [3.8, 4) is 0 Å². The average molecular weight is 438 g/mol. The van der Waals surface area contributed by atoms with Crippen molar-refractivity contribution >= 4 is 16.7 Å². The van der Waals surface area contributed by atoms with Crippen molar-refractivity contribution in [2.45, 2.75) is 50.8 Å². The van der Waals surface area contributed by atoms with Gasteiger partial charge in [-0.3, -0.25) is 20.2 Å². The molecule has 0 aliphatic carbocycles. The number of likely N-dealkylation sites (tertiary alicyclic amines) is 1. The van der Waals surface area contributed by atoms with Crippen LogP contribution < -0.4 is 16.0 Å². The highest BCUT2D eigenvalue weighted by molar-refractivity contribution is 5.90. The second kappa shape index (κ2) is 8.50. The van der Waals surface area contributed by atoms with E-state index in [4.69, 9.17) is 5.73 Å². The molecule has 0 bridgehead atoms. The maximum Gasteiger partial charge on any atom is 0.418 e. The van der Waals surface area contributed by atoms with Gasteiger partial charge in [-0.15, -0.1) is 0 Å². The zero-order valence-corrected chi connectivity index (χ0v) is 17.7. The largest absolute Gasteiger partial charge is 0.418 e. The van der Waals surface area contributed by atoms with Crippen LogP contribution in [0.25, 0.3) is 11.0 Å². The average Bonchev–Trinajstić information content (AvgIpc) is 2.68. The van der Waals surface area contributed by atoms with Gasteiger partial charge < -0.3 is 15.7 Å². The molecule has 2 aromatic rings. The lowest BCUT2D eigenvalue weighted by molar-refractivity contribution is -0.136.